The first-order valence-corrected chi connectivity index (χ1v) is 8.70. The van der Waals surface area contributed by atoms with Gasteiger partial charge < -0.3 is 19.5 Å². The van der Waals surface area contributed by atoms with Gasteiger partial charge in [0.05, 0.1) is 26.7 Å². The van der Waals surface area contributed by atoms with Crippen molar-refractivity contribution in [3.8, 4) is 17.2 Å². The molecule has 0 saturated carbocycles. The van der Waals surface area contributed by atoms with Crippen LogP contribution >= 0.6 is 11.3 Å². The molecule has 2 aromatic heterocycles. The van der Waals surface area contributed by atoms with Gasteiger partial charge in [-0.1, -0.05) is 0 Å². The van der Waals surface area contributed by atoms with Crippen molar-refractivity contribution >= 4 is 27.4 Å². The highest BCUT2D eigenvalue weighted by Gasteiger charge is 2.16. The van der Waals surface area contributed by atoms with E-state index in [9.17, 15) is 0 Å². The minimum Gasteiger partial charge on any atom is -0.493 e. The standard InChI is InChI=1S/C18H21N3O3S/c1-10-9-25-18-15(10)17(19-2)20-14(21-18)8-11-6-12(22-3)16(24-5)13(7-11)23-4/h6-7,9H,8H2,1-5H3,(H,19,20,21). The minimum atomic E-state index is 0.568. The van der Waals surface area contributed by atoms with Crippen LogP contribution in [0.4, 0.5) is 5.82 Å². The fourth-order valence-electron chi connectivity index (χ4n) is 2.81. The van der Waals surface area contributed by atoms with Crippen LogP contribution < -0.4 is 19.5 Å². The molecule has 0 aliphatic heterocycles. The molecule has 0 spiro atoms. The normalized spacial score (nSPS) is 10.8. The van der Waals surface area contributed by atoms with Crippen LogP contribution in [0.3, 0.4) is 0 Å². The maximum atomic E-state index is 5.42. The summed E-state index contributed by atoms with van der Waals surface area (Å²) in [6, 6.07) is 3.85. The van der Waals surface area contributed by atoms with Gasteiger partial charge in [-0.2, -0.15) is 0 Å². The fourth-order valence-corrected chi connectivity index (χ4v) is 3.75. The highest BCUT2D eigenvalue weighted by molar-refractivity contribution is 7.17. The fraction of sp³-hybridized carbons (Fsp3) is 0.333. The van der Waals surface area contributed by atoms with Gasteiger partial charge in [0.15, 0.2) is 11.5 Å². The number of hydrogen-bond acceptors (Lipinski definition) is 7. The molecule has 132 valence electrons. The molecule has 0 atom stereocenters. The van der Waals surface area contributed by atoms with Crippen molar-refractivity contribution in [2.24, 2.45) is 0 Å². The summed E-state index contributed by atoms with van der Waals surface area (Å²) in [5.74, 6) is 3.42. The van der Waals surface area contributed by atoms with Gasteiger partial charge >= 0.3 is 0 Å². The lowest BCUT2D eigenvalue weighted by molar-refractivity contribution is 0.324. The highest BCUT2D eigenvalue weighted by Crippen LogP contribution is 2.38. The summed E-state index contributed by atoms with van der Waals surface area (Å²) in [7, 11) is 6.69. The summed E-state index contributed by atoms with van der Waals surface area (Å²) in [5.41, 5.74) is 2.17. The van der Waals surface area contributed by atoms with Gasteiger partial charge in [-0.25, -0.2) is 9.97 Å². The molecule has 7 heteroatoms. The number of methoxy groups -OCH3 is 3. The number of fused-ring (bicyclic) bond motifs is 1. The van der Waals surface area contributed by atoms with Crippen molar-refractivity contribution in [2.45, 2.75) is 13.3 Å². The average Bonchev–Trinajstić information content (AvgIpc) is 3.01. The van der Waals surface area contributed by atoms with Crippen LogP contribution in [0.25, 0.3) is 10.2 Å². The first-order chi connectivity index (χ1) is 12.1. The Morgan fingerprint density at radius 1 is 1.04 bits per heavy atom. The Balaban J connectivity index is 2.04. The average molecular weight is 359 g/mol. The van der Waals surface area contributed by atoms with Crippen LogP contribution in [0.5, 0.6) is 17.2 Å². The van der Waals surface area contributed by atoms with Crippen molar-refractivity contribution in [3.05, 3.63) is 34.5 Å². The number of benzene rings is 1. The van der Waals surface area contributed by atoms with Crippen LogP contribution in [-0.4, -0.2) is 38.3 Å². The van der Waals surface area contributed by atoms with Crippen molar-refractivity contribution in [1.82, 2.24) is 9.97 Å². The maximum Gasteiger partial charge on any atom is 0.203 e. The van der Waals surface area contributed by atoms with Crippen molar-refractivity contribution in [1.29, 1.82) is 0 Å². The molecule has 0 fully saturated rings. The molecule has 0 amide bonds. The lowest BCUT2D eigenvalue weighted by Crippen LogP contribution is -2.03. The number of aryl methyl sites for hydroxylation is 1. The van der Waals surface area contributed by atoms with Gasteiger partial charge in [0.2, 0.25) is 5.75 Å². The van der Waals surface area contributed by atoms with Gasteiger partial charge in [0.1, 0.15) is 16.5 Å². The lowest BCUT2D eigenvalue weighted by atomic mass is 10.1. The Morgan fingerprint density at radius 3 is 2.28 bits per heavy atom. The third-order valence-electron chi connectivity index (χ3n) is 3.99. The van der Waals surface area contributed by atoms with E-state index < -0.39 is 0 Å². The number of thiophene rings is 1. The molecule has 3 rings (SSSR count). The maximum absolute atomic E-state index is 5.42. The Bertz CT molecular complexity index is 883. The first-order valence-electron chi connectivity index (χ1n) is 7.82. The summed E-state index contributed by atoms with van der Waals surface area (Å²) in [4.78, 5) is 10.4. The topological polar surface area (TPSA) is 65.5 Å². The van der Waals surface area contributed by atoms with Gasteiger partial charge in [-0.05, 0) is 35.6 Å². The van der Waals surface area contributed by atoms with E-state index in [2.05, 4.69) is 22.6 Å². The molecule has 1 N–H and O–H groups in total. The van der Waals surface area contributed by atoms with Crippen LogP contribution in [0.1, 0.15) is 17.0 Å². The predicted octanol–water partition coefficient (Wildman–Crippen LogP) is 3.66. The van der Waals surface area contributed by atoms with Gasteiger partial charge in [-0.3, -0.25) is 0 Å². The second kappa shape index (κ2) is 7.14. The smallest absolute Gasteiger partial charge is 0.203 e. The van der Waals surface area contributed by atoms with E-state index in [1.807, 2.05) is 19.2 Å². The summed E-state index contributed by atoms with van der Waals surface area (Å²) in [5, 5.41) is 6.36. The van der Waals surface area contributed by atoms with Crippen LogP contribution in [0, 0.1) is 6.92 Å². The number of ether oxygens (including phenoxy) is 3. The van der Waals surface area contributed by atoms with E-state index >= 15 is 0 Å². The molecular weight excluding hydrogens is 338 g/mol. The molecule has 0 aliphatic rings. The third kappa shape index (κ3) is 3.19. The minimum absolute atomic E-state index is 0.568. The van der Waals surface area contributed by atoms with Crippen LogP contribution in [0.2, 0.25) is 0 Å². The second-order valence-electron chi connectivity index (χ2n) is 5.55. The number of rotatable bonds is 6. The van der Waals surface area contributed by atoms with Crippen molar-refractivity contribution in [2.75, 3.05) is 33.7 Å². The summed E-state index contributed by atoms with van der Waals surface area (Å²) in [6.07, 6.45) is 0.568. The molecule has 25 heavy (non-hydrogen) atoms. The molecule has 0 saturated heterocycles. The molecular formula is C18H21N3O3S. The van der Waals surface area contributed by atoms with Crippen molar-refractivity contribution in [3.63, 3.8) is 0 Å². The van der Waals surface area contributed by atoms with E-state index in [0.717, 1.165) is 27.4 Å². The van der Waals surface area contributed by atoms with Crippen molar-refractivity contribution < 1.29 is 14.2 Å². The van der Waals surface area contributed by atoms with E-state index in [-0.39, 0.29) is 0 Å². The van der Waals surface area contributed by atoms with Gasteiger partial charge in [-0.15, -0.1) is 11.3 Å². The molecule has 2 heterocycles. The summed E-state index contributed by atoms with van der Waals surface area (Å²) in [6.45, 7) is 2.07. The predicted molar refractivity (Wildman–Crippen MR) is 101 cm³/mol. The highest BCUT2D eigenvalue weighted by atomic mass is 32.1. The third-order valence-corrected chi connectivity index (χ3v) is 4.98. The van der Waals surface area contributed by atoms with Gasteiger partial charge in [0.25, 0.3) is 0 Å². The molecule has 6 nitrogen and oxygen atoms in total. The molecule has 0 aliphatic carbocycles. The van der Waals surface area contributed by atoms with E-state index in [1.165, 1.54) is 5.56 Å². The number of nitrogens with zero attached hydrogens (tertiary/aromatic N) is 2. The van der Waals surface area contributed by atoms with Crippen LogP contribution in [-0.2, 0) is 6.42 Å². The zero-order valence-corrected chi connectivity index (χ0v) is 15.8. The number of aromatic nitrogens is 2. The zero-order valence-electron chi connectivity index (χ0n) is 15.0. The molecule has 3 aromatic rings. The first kappa shape index (κ1) is 17.3. The SMILES string of the molecule is CNc1nc(Cc2cc(OC)c(OC)c(OC)c2)nc2scc(C)c12. The Morgan fingerprint density at radius 2 is 1.72 bits per heavy atom. The lowest BCUT2D eigenvalue weighted by Gasteiger charge is -2.14. The number of anilines is 1. The van der Waals surface area contributed by atoms with E-state index in [1.54, 1.807) is 32.7 Å². The number of nitrogens with one attached hydrogen (secondary N) is 1. The zero-order chi connectivity index (χ0) is 18.0. The van der Waals surface area contributed by atoms with Gasteiger partial charge in [0, 0.05) is 13.5 Å². The Labute approximate surface area is 150 Å². The number of hydrogen-bond donors (Lipinski definition) is 1. The molecule has 0 radical (unpaired) electrons. The Hall–Kier alpha value is -2.54. The molecule has 0 bridgehead atoms. The molecule has 0 unspecified atom stereocenters. The van der Waals surface area contributed by atoms with E-state index in [0.29, 0.717) is 23.7 Å². The quantitative estimate of drug-likeness (QED) is 0.725. The largest absolute Gasteiger partial charge is 0.493 e. The summed E-state index contributed by atoms with van der Waals surface area (Å²) < 4.78 is 16.2. The Kier molecular flexibility index (Phi) is 4.94. The van der Waals surface area contributed by atoms with Crippen LogP contribution in [0.15, 0.2) is 17.5 Å². The molecule has 1 aromatic carbocycles. The second-order valence-corrected chi connectivity index (χ2v) is 6.41. The summed E-state index contributed by atoms with van der Waals surface area (Å²) >= 11 is 1.63. The van der Waals surface area contributed by atoms with E-state index in [4.69, 9.17) is 19.2 Å². The monoisotopic (exact) mass is 359 g/mol.